The Morgan fingerprint density at radius 1 is 0.929 bits per heavy atom. The number of benzene rings is 3. The number of hydrogen-bond acceptors (Lipinski definition) is 6. The number of nitrogens with one attached hydrogen (secondary N) is 2. The normalized spacial score (nSPS) is 16.1. The van der Waals surface area contributed by atoms with Crippen molar-refractivity contribution in [1.29, 1.82) is 0 Å². The molecule has 3 aromatic carbocycles. The monoisotopic (exact) mass is 573 g/mol. The van der Waals surface area contributed by atoms with Crippen molar-refractivity contribution in [2.45, 2.75) is 63.1 Å². The molecule has 222 valence electrons. The van der Waals surface area contributed by atoms with Gasteiger partial charge >= 0.3 is 0 Å². The molecule has 0 aromatic heterocycles. The van der Waals surface area contributed by atoms with Gasteiger partial charge in [0.2, 0.25) is 23.6 Å². The van der Waals surface area contributed by atoms with Crippen LogP contribution in [0.4, 0.5) is 0 Å². The molecule has 1 fully saturated rings. The smallest absolute Gasteiger partial charge is 0.243 e. The Morgan fingerprint density at radius 2 is 1.67 bits per heavy atom. The molecule has 1 aliphatic rings. The Bertz CT molecular complexity index is 1400. The first-order valence-electron chi connectivity index (χ1n) is 14.4. The van der Waals surface area contributed by atoms with E-state index in [1.165, 1.54) is 12.1 Å². The summed E-state index contributed by atoms with van der Waals surface area (Å²) in [6.45, 7) is 0.897. The van der Waals surface area contributed by atoms with Crippen molar-refractivity contribution in [2.75, 3.05) is 13.1 Å². The van der Waals surface area contributed by atoms with Gasteiger partial charge in [0.05, 0.1) is 6.42 Å². The highest BCUT2D eigenvalue weighted by Gasteiger charge is 2.36. The number of rotatable bonds is 13. The predicted octanol–water partition coefficient (Wildman–Crippen LogP) is 1.91. The van der Waals surface area contributed by atoms with E-state index < -0.39 is 35.8 Å². The van der Waals surface area contributed by atoms with Gasteiger partial charge < -0.3 is 32.1 Å². The molecule has 1 aliphatic heterocycles. The molecule has 10 heteroatoms. The Kier molecular flexibility index (Phi) is 10.5. The fourth-order valence-corrected chi connectivity index (χ4v) is 5.44. The lowest BCUT2D eigenvalue weighted by Crippen LogP contribution is -2.56. The number of nitrogens with zero attached hydrogens (tertiary/aromatic N) is 1. The molecule has 0 bridgehead atoms. The number of carbonyl (C=O) groups excluding carboxylic acids is 4. The highest BCUT2D eigenvalue weighted by atomic mass is 16.3. The second kappa shape index (κ2) is 14.5. The minimum atomic E-state index is -1.01. The first kappa shape index (κ1) is 30.5. The highest BCUT2D eigenvalue weighted by molar-refractivity contribution is 5.95. The molecule has 0 saturated carbocycles. The summed E-state index contributed by atoms with van der Waals surface area (Å²) < 4.78 is 0. The Balaban J connectivity index is 1.44. The lowest BCUT2D eigenvalue weighted by molar-refractivity contribution is -0.139. The fraction of sp³-hybridized carbons (Fsp3) is 0.375. The van der Waals surface area contributed by atoms with Gasteiger partial charge in [0, 0.05) is 13.0 Å². The van der Waals surface area contributed by atoms with Crippen LogP contribution in [0.5, 0.6) is 5.75 Å². The summed E-state index contributed by atoms with van der Waals surface area (Å²) in [7, 11) is 0. The number of phenols is 1. The third-order valence-electron chi connectivity index (χ3n) is 7.71. The van der Waals surface area contributed by atoms with Crippen LogP contribution in [0.3, 0.4) is 0 Å². The zero-order valence-electron chi connectivity index (χ0n) is 23.6. The summed E-state index contributed by atoms with van der Waals surface area (Å²) in [4.78, 5) is 54.0. The van der Waals surface area contributed by atoms with Gasteiger partial charge in [-0.2, -0.15) is 0 Å². The van der Waals surface area contributed by atoms with Gasteiger partial charge in [0.1, 0.15) is 23.9 Å². The molecule has 4 amide bonds. The first-order valence-corrected chi connectivity index (χ1v) is 14.4. The number of fused-ring (bicyclic) bond motifs is 1. The summed E-state index contributed by atoms with van der Waals surface area (Å²) >= 11 is 0. The van der Waals surface area contributed by atoms with Crippen molar-refractivity contribution in [3.05, 3.63) is 77.9 Å². The van der Waals surface area contributed by atoms with Crippen molar-refractivity contribution in [1.82, 2.24) is 15.5 Å². The van der Waals surface area contributed by atoms with Gasteiger partial charge in [-0.25, -0.2) is 0 Å². The van der Waals surface area contributed by atoms with Crippen LogP contribution in [-0.4, -0.2) is 64.9 Å². The zero-order chi connectivity index (χ0) is 30.1. The average Bonchev–Trinajstić information content (AvgIpc) is 3.48. The Labute approximate surface area is 245 Å². The van der Waals surface area contributed by atoms with E-state index in [0.717, 1.165) is 16.3 Å². The van der Waals surface area contributed by atoms with E-state index in [4.69, 9.17) is 11.5 Å². The number of primary amides is 1. The number of nitrogens with two attached hydrogens (primary N) is 2. The minimum Gasteiger partial charge on any atom is -0.508 e. The van der Waals surface area contributed by atoms with E-state index in [-0.39, 0.29) is 24.5 Å². The van der Waals surface area contributed by atoms with Gasteiger partial charge in [-0.15, -0.1) is 0 Å². The number of hydrogen-bond donors (Lipinski definition) is 5. The SMILES string of the molecule is NCCCC[C@H](NC(=O)[C@@H]1CCCN1C(=O)Cc1cccc2ccccc12)C(=O)N[C@@H](Cc1ccc(O)cc1)C(N)=O. The largest absolute Gasteiger partial charge is 0.508 e. The third kappa shape index (κ3) is 7.85. The standard InChI is InChI=1S/C32H39N5O5/c33-17-4-3-11-26(31(41)36-27(30(34)40)19-21-13-15-24(38)16-14-21)35-32(42)28-12-6-18-37(28)29(39)20-23-9-5-8-22-7-1-2-10-25(22)23/h1-2,5,7-10,13-16,26-28,38H,3-4,6,11-12,17-20,33H2,(H2,34,40)(H,35,42)(H,36,41)/t26-,27-,28-/m0/s1. The summed E-state index contributed by atoms with van der Waals surface area (Å²) in [5.74, 6) is -1.71. The lowest BCUT2D eigenvalue weighted by atomic mass is 10.0. The molecule has 0 radical (unpaired) electrons. The molecular weight excluding hydrogens is 534 g/mol. The summed E-state index contributed by atoms with van der Waals surface area (Å²) in [5, 5.41) is 17.1. The minimum absolute atomic E-state index is 0.0812. The predicted molar refractivity (Wildman–Crippen MR) is 160 cm³/mol. The maximum absolute atomic E-state index is 13.5. The van der Waals surface area contributed by atoms with Crippen molar-refractivity contribution in [3.8, 4) is 5.75 Å². The van der Waals surface area contributed by atoms with Gasteiger partial charge in [-0.05, 0) is 72.7 Å². The molecule has 7 N–H and O–H groups in total. The molecule has 1 heterocycles. The fourth-order valence-electron chi connectivity index (χ4n) is 5.44. The van der Waals surface area contributed by atoms with Gasteiger partial charge in [0.25, 0.3) is 0 Å². The van der Waals surface area contributed by atoms with Crippen molar-refractivity contribution >= 4 is 34.4 Å². The summed E-state index contributed by atoms with van der Waals surface area (Å²) in [6, 6.07) is 17.3. The molecule has 10 nitrogen and oxygen atoms in total. The second-order valence-electron chi connectivity index (χ2n) is 10.7. The Hall–Kier alpha value is -4.44. The summed E-state index contributed by atoms with van der Waals surface area (Å²) in [5.41, 5.74) is 12.8. The lowest BCUT2D eigenvalue weighted by Gasteiger charge is -2.27. The number of unbranched alkanes of at least 4 members (excludes halogenated alkanes) is 1. The number of phenolic OH excluding ortho intramolecular Hbond substituents is 1. The van der Waals surface area contributed by atoms with Gasteiger partial charge in [0.15, 0.2) is 0 Å². The van der Waals surface area contributed by atoms with E-state index in [1.807, 2.05) is 42.5 Å². The molecule has 42 heavy (non-hydrogen) atoms. The molecule has 3 atom stereocenters. The van der Waals surface area contributed by atoms with Crippen molar-refractivity contribution in [3.63, 3.8) is 0 Å². The van der Waals surface area contributed by atoms with Gasteiger partial charge in [-0.1, -0.05) is 54.6 Å². The van der Waals surface area contributed by atoms with Crippen LogP contribution in [0.25, 0.3) is 10.8 Å². The summed E-state index contributed by atoms with van der Waals surface area (Å²) in [6.07, 6.45) is 3.03. The van der Waals surface area contributed by atoms with Gasteiger partial charge in [-0.3, -0.25) is 19.2 Å². The molecule has 4 rings (SSSR count). The van der Waals surface area contributed by atoms with Crippen LogP contribution in [0, 0.1) is 0 Å². The number of aromatic hydroxyl groups is 1. The van der Waals surface area contributed by atoms with E-state index in [9.17, 15) is 24.3 Å². The van der Waals surface area contributed by atoms with E-state index in [1.54, 1.807) is 17.0 Å². The Morgan fingerprint density at radius 3 is 2.40 bits per heavy atom. The average molecular weight is 574 g/mol. The maximum atomic E-state index is 13.5. The van der Waals surface area contributed by atoms with Crippen LogP contribution in [0.2, 0.25) is 0 Å². The van der Waals surface area contributed by atoms with Crippen molar-refractivity contribution < 1.29 is 24.3 Å². The first-order chi connectivity index (χ1) is 20.3. The topological polar surface area (TPSA) is 168 Å². The second-order valence-corrected chi connectivity index (χ2v) is 10.7. The van der Waals surface area contributed by atoms with Crippen LogP contribution < -0.4 is 22.1 Å². The quantitative estimate of drug-likeness (QED) is 0.196. The number of carbonyl (C=O) groups is 4. The number of likely N-dealkylation sites (tertiary alicyclic amines) is 1. The highest BCUT2D eigenvalue weighted by Crippen LogP contribution is 2.23. The van der Waals surface area contributed by atoms with E-state index in [2.05, 4.69) is 10.6 Å². The van der Waals surface area contributed by atoms with Crippen LogP contribution >= 0.6 is 0 Å². The molecule has 0 unspecified atom stereocenters. The molecule has 1 saturated heterocycles. The molecule has 3 aromatic rings. The molecule has 0 spiro atoms. The molecular formula is C32H39N5O5. The van der Waals surface area contributed by atoms with Crippen LogP contribution in [0.15, 0.2) is 66.7 Å². The third-order valence-corrected chi connectivity index (χ3v) is 7.71. The molecule has 0 aliphatic carbocycles. The zero-order valence-corrected chi connectivity index (χ0v) is 23.6. The van der Waals surface area contributed by atoms with Crippen LogP contribution in [-0.2, 0) is 32.0 Å². The van der Waals surface area contributed by atoms with E-state index in [0.29, 0.717) is 50.8 Å². The van der Waals surface area contributed by atoms with Crippen LogP contribution in [0.1, 0.15) is 43.2 Å². The number of amides is 4. The van der Waals surface area contributed by atoms with Crippen molar-refractivity contribution in [2.24, 2.45) is 11.5 Å². The maximum Gasteiger partial charge on any atom is 0.243 e. The van der Waals surface area contributed by atoms with E-state index >= 15 is 0 Å².